The lowest BCUT2D eigenvalue weighted by molar-refractivity contribution is -0.129. The van der Waals surface area contributed by atoms with Crippen LogP contribution in [0.5, 0.6) is 0 Å². The average molecular weight is 285 g/mol. The van der Waals surface area contributed by atoms with Crippen LogP contribution in [0, 0.1) is 0 Å². The predicted molar refractivity (Wildman–Crippen MR) is 78.5 cm³/mol. The molecule has 0 atom stereocenters. The zero-order valence-corrected chi connectivity index (χ0v) is 12.4. The molecule has 0 spiro atoms. The highest BCUT2D eigenvalue weighted by Crippen LogP contribution is 2.27. The fourth-order valence-corrected chi connectivity index (χ4v) is 2.74. The topological polar surface area (TPSA) is 63.9 Å². The minimum absolute atomic E-state index is 0.159. The molecule has 1 saturated heterocycles. The Morgan fingerprint density at radius 2 is 1.95 bits per heavy atom. The summed E-state index contributed by atoms with van der Waals surface area (Å²) in [6.07, 6.45) is 9.30. The van der Waals surface area contributed by atoms with E-state index in [-0.39, 0.29) is 5.91 Å². The highest BCUT2D eigenvalue weighted by Gasteiger charge is 2.23. The Kier molecular flexibility index (Phi) is 3.68. The monoisotopic (exact) mass is 285 g/mol. The van der Waals surface area contributed by atoms with Gasteiger partial charge >= 0.3 is 0 Å². The molecule has 1 amide bonds. The SMILES string of the molecule is CC(=O)N1CCC(c2cnc(-c3cnn(C)c3)cn2)CC1. The van der Waals surface area contributed by atoms with Gasteiger partial charge in [-0.1, -0.05) is 0 Å². The maximum atomic E-state index is 11.3. The van der Waals surface area contributed by atoms with Crippen molar-refractivity contribution in [2.24, 2.45) is 7.05 Å². The van der Waals surface area contributed by atoms with E-state index in [9.17, 15) is 4.79 Å². The highest BCUT2D eigenvalue weighted by molar-refractivity contribution is 5.73. The number of carbonyl (C=O) groups excluding carboxylic acids is 1. The first-order valence-electron chi connectivity index (χ1n) is 7.20. The van der Waals surface area contributed by atoms with Crippen LogP contribution < -0.4 is 0 Å². The molecule has 6 nitrogen and oxygen atoms in total. The molecule has 1 aliphatic rings. The van der Waals surface area contributed by atoms with Crippen LogP contribution in [0.1, 0.15) is 31.4 Å². The molecule has 0 N–H and O–H groups in total. The first-order chi connectivity index (χ1) is 10.1. The van der Waals surface area contributed by atoms with Crippen molar-refractivity contribution in [2.75, 3.05) is 13.1 Å². The number of nitrogens with zero attached hydrogens (tertiary/aromatic N) is 5. The number of hydrogen-bond donors (Lipinski definition) is 0. The third-order valence-electron chi connectivity index (χ3n) is 4.03. The van der Waals surface area contributed by atoms with Crippen LogP contribution in [0.15, 0.2) is 24.8 Å². The van der Waals surface area contributed by atoms with Crippen LogP contribution >= 0.6 is 0 Å². The second-order valence-electron chi connectivity index (χ2n) is 5.51. The van der Waals surface area contributed by atoms with Crippen molar-refractivity contribution in [1.29, 1.82) is 0 Å². The van der Waals surface area contributed by atoms with Crippen LogP contribution in [0.3, 0.4) is 0 Å². The smallest absolute Gasteiger partial charge is 0.219 e. The average Bonchev–Trinajstić information content (AvgIpc) is 2.94. The summed E-state index contributed by atoms with van der Waals surface area (Å²) in [6, 6.07) is 0. The van der Waals surface area contributed by atoms with E-state index in [0.717, 1.165) is 42.9 Å². The van der Waals surface area contributed by atoms with Gasteiger partial charge in [0.05, 0.1) is 23.8 Å². The van der Waals surface area contributed by atoms with Gasteiger partial charge in [0.15, 0.2) is 0 Å². The lowest BCUT2D eigenvalue weighted by atomic mass is 9.94. The molecule has 2 aromatic rings. The first-order valence-corrected chi connectivity index (χ1v) is 7.20. The summed E-state index contributed by atoms with van der Waals surface area (Å²) in [5.41, 5.74) is 2.84. The number of amides is 1. The van der Waals surface area contributed by atoms with E-state index in [0.29, 0.717) is 5.92 Å². The molecule has 110 valence electrons. The molecule has 6 heteroatoms. The molecule has 3 heterocycles. The molecule has 1 fully saturated rings. The van der Waals surface area contributed by atoms with E-state index in [1.165, 1.54) is 0 Å². The molecule has 2 aromatic heterocycles. The summed E-state index contributed by atoms with van der Waals surface area (Å²) in [5, 5.41) is 4.14. The van der Waals surface area contributed by atoms with E-state index in [4.69, 9.17) is 0 Å². The maximum Gasteiger partial charge on any atom is 0.219 e. The number of hydrogen-bond acceptors (Lipinski definition) is 4. The minimum atomic E-state index is 0.159. The number of likely N-dealkylation sites (tertiary alicyclic amines) is 1. The molecular weight excluding hydrogens is 266 g/mol. The molecule has 0 radical (unpaired) electrons. The van der Waals surface area contributed by atoms with Crippen molar-refractivity contribution < 1.29 is 4.79 Å². The number of piperidine rings is 1. The Balaban J connectivity index is 1.69. The molecule has 0 aromatic carbocycles. The Bertz CT molecular complexity index is 626. The predicted octanol–water partition coefficient (Wildman–Crippen LogP) is 1.60. The van der Waals surface area contributed by atoms with Crippen LogP contribution in [-0.2, 0) is 11.8 Å². The molecular formula is C15H19N5O. The third-order valence-corrected chi connectivity index (χ3v) is 4.03. The number of rotatable bonds is 2. The summed E-state index contributed by atoms with van der Waals surface area (Å²) < 4.78 is 1.75. The van der Waals surface area contributed by atoms with E-state index < -0.39 is 0 Å². The summed E-state index contributed by atoms with van der Waals surface area (Å²) >= 11 is 0. The zero-order chi connectivity index (χ0) is 14.8. The third kappa shape index (κ3) is 2.94. The quantitative estimate of drug-likeness (QED) is 0.841. The van der Waals surface area contributed by atoms with Crippen LogP contribution in [0.4, 0.5) is 0 Å². The lowest BCUT2D eigenvalue weighted by Gasteiger charge is -2.30. The number of carbonyl (C=O) groups is 1. The van der Waals surface area contributed by atoms with Crippen molar-refractivity contribution in [3.8, 4) is 11.3 Å². The van der Waals surface area contributed by atoms with Crippen molar-refractivity contribution >= 4 is 5.91 Å². The minimum Gasteiger partial charge on any atom is -0.343 e. The molecule has 0 unspecified atom stereocenters. The highest BCUT2D eigenvalue weighted by atomic mass is 16.2. The van der Waals surface area contributed by atoms with Gasteiger partial charge in [0.25, 0.3) is 0 Å². The van der Waals surface area contributed by atoms with Crippen molar-refractivity contribution in [2.45, 2.75) is 25.7 Å². The number of aryl methyl sites for hydroxylation is 1. The van der Waals surface area contributed by atoms with E-state index >= 15 is 0 Å². The van der Waals surface area contributed by atoms with Gasteiger partial charge < -0.3 is 4.90 Å². The summed E-state index contributed by atoms with van der Waals surface area (Å²) in [7, 11) is 1.88. The zero-order valence-electron chi connectivity index (χ0n) is 12.4. The Morgan fingerprint density at radius 3 is 2.48 bits per heavy atom. The Labute approximate surface area is 123 Å². The maximum absolute atomic E-state index is 11.3. The van der Waals surface area contributed by atoms with E-state index in [2.05, 4.69) is 15.1 Å². The van der Waals surface area contributed by atoms with Gasteiger partial charge in [-0.25, -0.2) is 0 Å². The molecule has 3 rings (SSSR count). The lowest BCUT2D eigenvalue weighted by Crippen LogP contribution is -2.36. The molecule has 1 aliphatic heterocycles. The fourth-order valence-electron chi connectivity index (χ4n) is 2.74. The summed E-state index contributed by atoms with van der Waals surface area (Å²) in [5.74, 6) is 0.558. The van der Waals surface area contributed by atoms with Crippen LogP contribution in [0.2, 0.25) is 0 Å². The summed E-state index contributed by atoms with van der Waals surface area (Å²) in [6.45, 7) is 3.25. The van der Waals surface area contributed by atoms with Crippen molar-refractivity contribution in [3.05, 3.63) is 30.5 Å². The fraction of sp³-hybridized carbons (Fsp3) is 0.467. The second-order valence-corrected chi connectivity index (χ2v) is 5.51. The van der Waals surface area contributed by atoms with Gasteiger partial charge in [-0.15, -0.1) is 0 Å². The number of aromatic nitrogens is 4. The first kappa shape index (κ1) is 13.7. The summed E-state index contributed by atoms with van der Waals surface area (Å²) in [4.78, 5) is 22.3. The normalized spacial score (nSPS) is 16.2. The molecule has 0 saturated carbocycles. The van der Waals surface area contributed by atoms with Gasteiger partial charge in [0.1, 0.15) is 0 Å². The second kappa shape index (κ2) is 5.63. The van der Waals surface area contributed by atoms with E-state index in [1.807, 2.05) is 30.5 Å². The van der Waals surface area contributed by atoms with Gasteiger partial charge in [0, 0.05) is 50.9 Å². The van der Waals surface area contributed by atoms with Gasteiger partial charge in [-0.05, 0) is 12.8 Å². The Morgan fingerprint density at radius 1 is 1.19 bits per heavy atom. The molecule has 0 bridgehead atoms. The molecule has 21 heavy (non-hydrogen) atoms. The van der Waals surface area contributed by atoms with Crippen LogP contribution in [-0.4, -0.2) is 43.6 Å². The van der Waals surface area contributed by atoms with Crippen molar-refractivity contribution in [3.63, 3.8) is 0 Å². The molecule has 0 aliphatic carbocycles. The standard InChI is InChI=1S/C15H19N5O/c1-11(21)20-5-3-12(4-6-20)14-8-17-15(9-16-14)13-7-18-19(2)10-13/h7-10,12H,3-6H2,1-2H3. The van der Waals surface area contributed by atoms with Gasteiger partial charge in [0.2, 0.25) is 5.91 Å². The van der Waals surface area contributed by atoms with E-state index in [1.54, 1.807) is 17.8 Å². The van der Waals surface area contributed by atoms with Gasteiger partial charge in [-0.3, -0.25) is 19.4 Å². The van der Waals surface area contributed by atoms with Crippen LogP contribution in [0.25, 0.3) is 11.3 Å². The van der Waals surface area contributed by atoms with Gasteiger partial charge in [-0.2, -0.15) is 5.10 Å². The Hall–Kier alpha value is -2.24. The van der Waals surface area contributed by atoms with Crippen molar-refractivity contribution in [1.82, 2.24) is 24.6 Å². The largest absolute Gasteiger partial charge is 0.343 e.